The van der Waals surface area contributed by atoms with E-state index in [-0.39, 0.29) is 34.9 Å². The van der Waals surface area contributed by atoms with E-state index in [0.29, 0.717) is 56.1 Å². The molecule has 2 aliphatic rings. The molecule has 6 aromatic rings. The Kier molecular flexibility index (Phi) is 16.5. The quantitative estimate of drug-likeness (QED) is 0.109. The highest BCUT2D eigenvalue weighted by atomic mass is 19.4. The fraction of sp³-hybridized carbons (Fsp3) is 0.465. The second-order valence-electron chi connectivity index (χ2n) is 17.9. The van der Waals surface area contributed by atoms with Crippen molar-refractivity contribution >= 4 is 18.0 Å². The predicted octanol–water partition coefficient (Wildman–Crippen LogP) is 5.48. The van der Waals surface area contributed by atoms with Crippen LogP contribution < -0.4 is 5.32 Å². The number of H-pyrrole nitrogens is 3. The normalized spacial score (nSPS) is 15.1. The molecule has 376 valence electrons. The first kappa shape index (κ1) is 52.2. The standard InChI is InChI=1S/C22H25F3N8O3.C13H15F3N6.C8H12N2O2/c1-21(2,3)36-19(34)17-6-7-33(28-17)20(35)32-10-8-31(9-11-32)13-14-4-5-15(22(23,24)25)12-16(14)18-26-29-30-27-18;14-13(15,16)10-2-1-9(8-22-5-3-17-4-6-22)11(7-10)12-18-20-21-19-12;1-8(2,3)12-7(11)6-4-5-9-10-6/h4-7,12H,8-11,13H2,1-3H3,(H,26,27,29,30);1-2,7,17H,3-6,8H2,(H,18,19,20,21);4-5H,1-3H3,(H,9,10). The van der Waals surface area contributed by atoms with Crippen molar-refractivity contribution in [2.75, 3.05) is 52.4 Å². The van der Waals surface area contributed by atoms with Gasteiger partial charge in [0.1, 0.15) is 16.9 Å². The summed E-state index contributed by atoms with van der Waals surface area (Å²) in [6, 6.07) is 9.75. The average Bonchev–Trinajstić information content (AvgIpc) is 4.15. The Morgan fingerprint density at radius 3 is 1.59 bits per heavy atom. The van der Waals surface area contributed by atoms with Gasteiger partial charge in [-0.3, -0.25) is 14.9 Å². The molecule has 0 saturated carbocycles. The van der Waals surface area contributed by atoms with Gasteiger partial charge < -0.3 is 19.7 Å². The van der Waals surface area contributed by atoms with Crippen molar-refractivity contribution in [1.82, 2.24) is 81.2 Å². The number of amides is 1. The lowest BCUT2D eigenvalue weighted by Gasteiger charge is -2.34. The molecule has 70 heavy (non-hydrogen) atoms. The SMILES string of the molecule is CC(C)(C)OC(=O)c1ccn(C(=O)N2CCN(Cc3ccc(C(F)(F)F)cc3-c3nn[nH]n3)CC2)n1.CC(C)(C)OC(=O)c1ccn[nH]1.FC(F)(F)c1ccc(CN2CCNCC2)c(-c2nn[nH]n2)c1. The Morgan fingerprint density at radius 1 is 0.643 bits per heavy atom. The number of halogens is 6. The molecule has 0 unspecified atom stereocenters. The number of hydrogen-bond donors (Lipinski definition) is 4. The van der Waals surface area contributed by atoms with E-state index >= 15 is 0 Å². The van der Waals surface area contributed by atoms with Crippen molar-refractivity contribution in [3.8, 4) is 22.8 Å². The van der Waals surface area contributed by atoms with Crippen LogP contribution in [0, 0.1) is 0 Å². The lowest BCUT2D eigenvalue weighted by Crippen LogP contribution is -2.49. The number of tetrazole rings is 2. The van der Waals surface area contributed by atoms with Gasteiger partial charge in [-0.05, 0) is 99.5 Å². The molecule has 8 rings (SSSR count). The van der Waals surface area contributed by atoms with E-state index in [1.54, 1.807) is 31.7 Å². The number of nitrogens with zero attached hydrogens (tertiary/aromatic N) is 12. The summed E-state index contributed by atoms with van der Waals surface area (Å²) in [6.07, 6.45) is -5.97. The van der Waals surface area contributed by atoms with Crippen LogP contribution in [0.25, 0.3) is 22.8 Å². The number of hydrogen-bond acceptors (Lipinski definition) is 16. The van der Waals surface area contributed by atoms with Gasteiger partial charge in [-0.1, -0.05) is 12.1 Å². The molecule has 0 radical (unpaired) electrons. The maximum Gasteiger partial charge on any atom is 0.416 e. The van der Waals surface area contributed by atoms with Crippen LogP contribution in [0.1, 0.15) is 84.8 Å². The zero-order chi connectivity index (χ0) is 50.9. The van der Waals surface area contributed by atoms with Crippen LogP contribution in [-0.2, 0) is 34.9 Å². The van der Waals surface area contributed by atoms with Gasteiger partial charge in [0, 0.05) is 89.0 Å². The first-order valence-corrected chi connectivity index (χ1v) is 21.8. The summed E-state index contributed by atoms with van der Waals surface area (Å²) in [6.45, 7) is 16.7. The molecule has 0 spiro atoms. The van der Waals surface area contributed by atoms with Crippen LogP contribution in [0.4, 0.5) is 31.1 Å². The fourth-order valence-electron chi connectivity index (χ4n) is 6.92. The molecule has 2 aromatic carbocycles. The molecular weight excluding hydrogens is 935 g/mol. The molecule has 6 heterocycles. The molecule has 2 fully saturated rings. The van der Waals surface area contributed by atoms with E-state index < -0.39 is 40.7 Å². The maximum atomic E-state index is 13.2. The Bertz CT molecular complexity index is 2630. The highest BCUT2D eigenvalue weighted by Crippen LogP contribution is 2.35. The highest BCUT2D eigenvalue weighted by Gasteiger charge is 2.34. The minimum absolute atomic E-state index is 0.0354. The third kappa shape index (κ3) is 14.9. The number of carbonyl (C=O) groups is 3. The number of aromatic amines is 3. The minimum atomic E-state index is -4.50. The summed E-state index contributed by atoms with van der Waals surface area (Å²) in [5.74, 6) is -0.742. The third-order valence-electron chi connectivity index (χ3n) is 10.2. The molecule has 0 bridgehead atoms. The van der Waals surface area contributed by atoms with Crippen molar-refractivity contribution in [3.05, 3.63) is 94.6 Å². The van der Waals surface area contributed by atoms with Gasteiger partial charge in [-0.2, -0.15) is 51.6 Å². The van der Waals surface area contributed by atoms with Crippen molar-refractivity contribution in [2.24, 2.45) is 0 Å². The van der Waals surface area contributed by atoms with E-state index in [1.165, 1.54) is 30.6 Å². The maximum absolute atomic E-state index is 13.2. The van der Waals surface area contributed by atoms with E-state index in [2.05, 4.69) is 66.8 Å². The Morgan fingerprint density at radius 2 is 1.14 bits per heavy atom. The third-order valence-corrected chi connectivity index (χ3v) is 10.2. The highest BCUT2D eigenvalue weighted by molar-refractivity contribution is 5.88. The number of aromatic nitrogens is 12. The Hall–Kier alpha value is -7.13. The van der Waals surface area contributed by atoms with Crippen molar-refractivity contribution in [2.45, 2.75) is 78.2 Å². The molecule has 0 aliphatic carbocycles. The zero-order valence-corrected chi connectivity index (χ0v) is 39.0. The molecule has 2 aliphatic heterocycles. The lowest BCUT2D eigenvalue weighted by atomic mass is 10.0. The number of alkyl halides is 6. The van der Waals surface area contributed by atoms with Crippen LogP contribution >= 0.6 is 0 Å². The number of rotatable bonds is 8. The number of benzene rings is 2. The van der Waals surface area contributed by atoms with Crippen LogP contribution in [0.5, 0.6) is 0 Å². The summed E-state index contributed by atoms with van der Waals surface area (Å²) in [5.41, 5.74) is -0.263. The molecule has 2 saturated heterocycles. The van der Waals surface area contributed by atoms with Gasteiger partial charge in [-0.25, -0.2) is 14.4 Å². The van der Waals surface area contributed by atoms with Gasteiger partial charge in [0.05, 0.1) is 11.1 Å². The van der Waals surface area contributed by atoms with E-state index in [0.717, 1.165) is 60.7 Å². The van der Waals surface area contributed by atoms with Crippen LogP contribution in [0.3, 0.4) is 0 Å². The Balaban J connectivity index is 0.000000199. The second-order valence-corrected chi connectivity index (χ2v) is 17.9. The summed E-state index contributed by atoms with van der Waals surface area (Å²) in [7, 11) is 0. The van der Waals surface area contributed by atoms with E-state index in [1.807, 2.05) is 25.7 Å². The summed E-state index contributed by atoms with van der Waals surface area (Å²) in [5, 5.41) is 40.2. The monoisotopic (exact) mass is 986 g/mol. The first-order chi connectivity index (χ1) is 32.9. The minimum Gasteiger partial charge on any atom is -0.455 e. The van der Waals surface area contributed by atoms with E-state index in [9.17, 15) is 40.7 Å². The molecule has 1 amide bonds. The van der Waals surface area contributed by atoms with Gasteiger partial charge in [0.15, 0.2) is 5.69 Å². The predicted molar refractivity (Wildman–Crippen MR) is 236 cm³/mol. The van der Waals surface area contributed by atoms with Crippen molar-refractivity contribution in [3.63, 3.8) is 0 Å². The fourth-order valence-corrected chi connectivity index (χ4v) is 6.92. The van der Waals surface area contributed by atoms with Gasteiger partial charge in [0.25, 0.3) is 0 Å². The molecule has 0 atom stereocenters. The van der Waals surface area contributed by atoms with Gasteiger partial charge in [0.2, 0.25) is 11.6 Å². The first-order valence-electron chi connectivity index (χ1n) is 21.8. The topological polar surface area (TPSA) is 247 Å². The number of carbonyl (C=O) groups excluding carboxylic acids is 3. The molecular formula is C43H52F6N16O5. The summed E-state index contributed by atoms with van der Waals surface area (Å²) in [4.78, 5) is 42.0. The number of nitrogens with one attached hydrogen (secondary N) is 4. The van der Waals surface area contributed by atoms with Crippen molar-refractivity contribution < 1.29 is 50.2 Å². The lowest BCUT2D eigenvalue weighted by molar-refractivity contribution is -0.138. The molecule has 4 N–H and O–H groups in total. The molecule has 21 nitrogen and oxygen atoms in total. The second kappa shape index (κ2) is 22.1. The zero-order valence-electron chi connectivity index (χ0n) is 39.0. The van der Waals surface area contributed by atoms with Gasteiger partial charge >= 0.3 is 30.3 Å². The number of piperazine rings is 2. The Labute approximate surface area is 396 Å². The summed E-state index contributed by atoms with van der Waals surface area (Å²) >= 11 is 0. The van der Waals surface area contributed by atoms with E-state index in [4.69, 9.17) is 9.47 Å². The van der Waals surface area contributed by atoms with Crippen LogP contribution in [0.2, 0.25) is 0 Å². The largest absolute Gasteiger partial charge is 0.455 e. The summed E-state index contributed by atoms with van der Waals surface area (Å²) < 4.78 is 89.9. The number of ether oxygens (including phenoxy) is 2. The van der Waals surface area contributed by atoms with Crippen LogP contribution in [-0.4, -0.2) is 157 Å². The molecule has 27 heteroatoms. The smallest absolute Gasteiger partial charge is 0.416 e. The molecule has 4 aromatic heterocycles. The average molecular weight is 987 g/mol. The van der Waals surface area contributed by atoms with Gasteiger partial charge in [-0.15, -0.1) is 20.4 Å². The van der Waals surface area contributed by atoms with Crippen molar-refractivity contribution in [1.29, 1.82) is 0 Å². The number of esters is 2. The van der Waals surface area contributed by atoms with Crippen LogP contribution in [0.15, 0.2) is 60.9 Å².